The molecule has 2 aromatic carbocycles. The molecular weight excluding hydrogens is 242 g/mol. The maximum Gasteiger partial charge on any atom is 0.0445 e. The third-order valence-electron chi connectivity index (χ3n) is 3.19. The van der Waals surface area contributed by atoms with Gasteiger partial charge in [0.1, 0.15) is 0 Å². The van der Waals surface area contributed by atoms with Gasteiger partial charge in [-0.25, -0.2) is 0 Å². The first-order valence-corrected chi connectivity index (χ1v) is 6.70. The van der Waals surface area contributed by atoms with Crippen molar-refractivity contribution in [1.29, 1.82) is 0 Å². The fourth-order valence-corrected chi connectivity index (χ4v) is 1.91. The Morgan fingerprint density at radius 3 is 2.20 bits per heavy atom. The Labute approximate surface area is 121 Å². The van der Waals surface area contributed by atoms with E-state index in [1.165, 1.54) is 5.56 Å². The first kappa shape index (κ1) is 14.0. The van der Waals surface area contributed by atoms with Gasteiger partial charge in [-0.3, -0.25) is 4.99 Å². The van der Waals surface area contributed by atoms with Crippen LogP contribution >= 0.6 is 0 Å². The summed E-state index contributed by atoms with van der Waals surface area (Å²) in [5.41, 5.74) is 5.55. The molecule has 1 nitrogen and oxygen atoms in total. The lowest BCUT2D eigenvalue weighted by atomic mass is 10.1. The Kier molecular flexibility index (Phi) is 4.67. The van der Waals surface area contributed by atoms with E-state index in [0.29, 0.717) is 0 Å². The summed E-state index contributed by atoms with van der Waals surface area (Å²) >= 11 is 0. The van der Waals surface area contributed by atoms with Crippen molar-refractivity contribution in [3.05, 3.63) is 90.1 Å². The molecule has 0 atom stereocenters. The van der Waals surface area contributed by atoms with Gasteiger partial charge in [0.2, 0.25) is 0 Å². The van der Waals surface area contributed by atoms with Crippen LogP contribution in [0.25, 0.3) is 5.57 Å². The second-order valence-electron chi connectivity index (χ2n) is 4.74. The van der Waals surface area contributed by atoms with Crippen molar-refractivity contribution >= 4 is 11.3 Å². The van der Waals surface area contributed by atoms with Crippen molar-refractivity contribution in [2.24, 2.45) is 4.99 Å². The molecule has 0 saturated heterocycles. The first-order valence-electron chi connectivity index (χ1n) is 6.70. The molecule has 1 heteroatoms. The van der Waals surface area contributed by atoms with Gasteiger partial charge in [0, 0.05) is 11.9 Å². The minimum atomic E-state index is 1.00. The molecule has 0 bridgehead atoms. The summed E-state index contributed by atoms with van der Waals surface area (Å²) < 4.78 is 0. The van der Waals surface area contributed by atoms with Gasteiger partial charge in [0.25, 0.3) is 0 Å². The number of hydrogen-bond acceptors (Lipinski definition) is 1. The molecule has 0 radical (unpaired) electrons. The van der Waals surface area contributed by atoms with E-state index < -0.39 is 0 Å². The number of aryl methyl sites for hydroxylation is 1. The zero-order chi connectivity index (χ0) is 14.4. The Morgan fingerprint density at radius 2 is 1.60 bits per heavy atom. The van der Waals surface area contributed by atoms with Crippen molar-refractivity contribution in [2.45, 2.75) is 13.8 Å². The normalized spacial score (nSPS) is 12.3. The molecule has 0 unspecified atom stereocenters. The van der Waals surface area contributed by atoms with Gasteiger partial charge in [-0.05, 0) is 30.5 Å². The van der Waals surface area contributed by atoms with Gasteiger partial charge in [-0.15, -0.1) is 0 Å². The third kappa shape index (κ3) is 3.55. The molecule has 0 amide bonds. The maximum atomic E-state index is 4.55. The Hall–Kier alpha value is -2.41. The number of allylic oxidation sites excluding steroid dienone is 2. The molecule has 2 aromatic rings. The van der Waals surface area contributed by atoms with E-state index in [2.05, 4.69) is 54.9 Å². The number of hydrogen-bond donors (Lipinski definition) is 0. The monoisotopic (exact) mass is 261 g/mol. The summed E-state index contributed by atoms with van der Waals surface area (Å²) in [6.45, 7) is 7.97. The van der Waals surface area contributed by atoms with Crippen LogP contribution in [-0.4, -0.2) is 5.71 Å². The lowest BCUT2D eigenvalue weighted by molar-refractivity contribution is 1.44. The average molecular weight is 261 g/mol. The van der Waals surface area contributed by atoms with E-state index in [1.807, 2.05) is 37.4 Å². The van der Waals surface area contributed by atoms with Crippen LogP contribution in [0.15, 0.2) is 78.4 Å². The highest BCUT2D eigenvalue weighted by atomic mass is 14.7. The van der Waals surface area contributed by atoms with E-state index in [-0.39, 0.29) is 0 Å². The number of nitrogens with zero attached hydrogens (tertiary/aromatic N) is 1. The molecular formula is C19H19N. The summed E-state index contributed by atoms with van der Waals surface area (Å²) in [7, 11) is 0. The molecule has 0 N–H and O–H groups in total. The van der Waals surface area contributed by atoms with Gasteiger partial charge in [0.15, 0.2) is 0 Å². The van der Waals surface area contributed by atoms with Crippen LogP contribution in [0.3, 0.4) is 0 Å². The smallest absolute Gasteiger partial charge is 0.0445 e. The zero-order valence-electron chi connectivity index (χ0n) is 12.0. The van der Waals surface area contributed by atoms with Gasteiger partial charge in [0.05, 0.1) is 0 Å². The molecule has 100 valence electrons. The lowest BCUT2D eigenvalue weighted by Gasteiger charge is -2.02. The molecule has 0 aliphatic heterocycles. The van der Waals surface area contributed by atoms with Crippen molar-refractivity contribution < 1.29 is 0 Å². The van der Waals surface area contributed by atoms with Crippen LogP contribution in [0.5, 0.6) is 0 Å². The van der Waals surface area contributed by atoms with E-state index in [1.54, 1.807) is 0 Å². The Balaban J connectivity index is 2.27. The predicted molar refractivity (Wildman–Crippen MR) is 88.0 cm³/mol. The van der Waals surface area contributed by atoms with E-state index in [0.717, 1.165) is 22.4 Å². The molecule has 2 rings (SSSR count). The van der Waals surface area contributed by atoms with E-state index >= 15 is 0 Å². The van der Waals surface area contributed by atoms with Gasteiger partial charge in [-0.2, -0.15) is 0 Å². The SMILES string of the molecule is C=C/C(=C\N=C(C)c1ccc(C)cc1)c1ccccc1. The molecule has 0 aliphatic rings. The van der Waals surface area contributed by atoms with Crippen LogP contribution in [-0.2, 0) is 0 Å². The molecule has 0 saturated carbocycles. The highest BCUT2D eigenvalue weighted by Crippen LogP contribution is 2.15. The van der Waals surface area contributed by atoms with Crippen LogP contribution in [0.4, 0.5) is 0 Å². The van der Waals surface area contributed by atoms with Crippen molar-refractivity contribution in [3.8, 4) is 0 Å². The lowest BCUT2D eigenvalue weighted by Crippen LogP contribution is -1.93. The highest BCUT2D eigenvalue weighted by molar-refractivity contribution is 5.99. The fraction of sp³-hybridized carbons (Fsp3) is 0.105. The van der Waals surface area contributed by atoms with Crippen LogP contribution < -0.4 is 0 Å². The van der Waals surface area contributed by atoms with E-state index in [4.69, 9.17) is 0 Å². The van der Waals surface area contributed by atoms with Crippen LogP contribution in [0, 0.1) is 6.92 Å². The zero-order valence-corrected chi connectivity index (χ0v) is 12.0. The molecule has 0 aliphatic carbocycles. The standard InChI is InChI=1S/C19H19N/c1-4-17(19-8-6-5-7-9-19)14-20-16(3)18-12-10-15(2)11-13-18/h4-14H,1H2,2-3H3/b17-14+,20-16?. The minimum absolute atomic E-state index is 1.00. The minimum Gasteiger partial charge on any atom is -0.260 e. The molecule has 20 heavy (non-hydrogen) atoms. The third-order valence-corrected chi connectivity index (χ3v) is 3.19. The van der Waals surface area contributed by atoms with Crippen LogP contribution in [0.2, 0.25) is 0 Å². The van der Waals surface area contributed by atoms with Gasteiger partial charge in [-0.1, -0.05) is 72.8 Å². The second kappa shape index (κ2) is 6.67. The number of rotatable bonds is 4. The average Bonchev–Trinajstić information content (AvgIpc) is 2.49. The fourth-order valence-electron chi connectivity index (χ4n) is 1.91. The molecule has 0 spiro atoms. The second-order valence-corrected chi connectivity index (χ2v) is 4.74. The predicted octanol–water partition coefficient (Wildman–Crippen LogP) is 5.03. The largest absolute Gasteiger partial charge is 0.260 e. The van der Waals surface area contributed by atoms with Crippen molar-refractivity contribution in [2.75, 3.05) is 0 Å². The maximum absolute atomic E-state index is 4.55. The summed E-state index contributed by atoms with van der Waals surface area (Å²) in [6.07, 6.45) is 3.71. The Bertz CT molecular complexity index is 631. The molecule has 0 aromatic heterocycles. The summed E-state index contributed by atoms with van der Waals surface area (Å²) in [6, 6.07) is 18.6. The highest BCUT2D eigenvalue weighted by Gasteiger charge is 1.97. The first-order chi connectivity index (χ1) is 9.70. The van der Waals surface area contributed by atoms with Crippen molar-refractivity contribution in [3.63, 3.8) is 0 Å². The Morgan fingerprint density at radius 1 is 0.950 bits per heavy atom. The molecule has 0 fully saturated rings. The topological polar surface area (TPSA) is 12.4 Å². The van der Waals surface area contributed by atoms with Crippen LogP contribution in [0.1, 0.15) is 23.6 Å². The van der Waals surface area contributed by atoms with E-state index in [9.17, 15) is 0 Å². The molecule has 0 heterocycles. The quantitative estimate of drug-likeness (QED) is 0.540. The summed E-state index contributed by atoms with van der Waals surface area (Å²) in [4.78, 5) is 4.55. The summed E-state index contributed by atoms with van der Waals surface area (Å²) in [5.74, 6) is 0. The van der Waals surface area contributed by atoms with Crippen molar-refractivity contribution in [1.82, 2.24) is 0 Å². The number of benzene rings is 2. The van der Waals surface area contributed by atoms with Gasteiger partial charge < -0.3 is 0 Å². The van der Waals surface area contributed by atoms with Gasteiger partial charge >= 0.3 is 0 Å². The number of aliphatic imine (C=N–C) groups is 1. The summed E-state index contributed by atoms with van der Waals surface area (Å²) in [5, 5.41) is 0.